The zero-order valence-electron chi connectivity index (χ0n) is 24.8. The zero-order chi connectivity index (χ0) is 30.2. The Bertz CT molecular complexity index is 1310. The molecule has 0 unspecified atom stereocenters. The summed E-state index contributed by atoms with van der Waals surface area (Å²) in [5.74, 6) is 0. The van der Waals surface area contributed by atoms with Gasteiger partial charge < -0.3 is 33.6 Å². The van der Waals surface area contributed by atoms with Crippen molar-refractivity contribution in [3.63, 3.8) is 0 Å². The van der Waals surface area contributed by atoms with Gasteiger partial charge in [0.1, 0.15) is 24.4 Å². The van der Waals surface area contributed by atoms with Gasteiger partial charge in [-0.25, -0.2) is 5.48 Å². The van der Waals surface area contributed by atoms with Crippen LogP contribution in [0.3, 0.4) is 0 Å². The summed E-state index contributed by atoms with van der Waals surface area (Å²) in [5, 5.41) is 9.95. The van der Waals surface area contributed by atoms with E-state index in [1.165, 1.54) is 0 Å². The number of hydrogen-bond acceptors (Lipinski definition) is 8. The summed E-state index contributed by atoms with van der Waals surface area (Å²) in [6, 6.07) is 39.7. The van der Waals surface area contributed by atoms with E-state index in [9.17, 15) is 5.21 Å². The van der Waals surface area contributed by atoms with Gasteiger partial charge in [-0.1, -0.05) is 121 Å². The smallest absolute Gasteiger partial charge is 0.186 e. The average molecular weight is 600 g/mol. The van der Waals surface area contributed by atoms with Gasteiger partial charge in [0.05, 0.1) is 39.6 Å². The van der Waals surface area contributed by atoms with E-state index in [4.69, 9.17) is 28.4 Å². The SMILES string of the molecule is ONC[C@@H](OCc1ccccc1)[C@@H](OCc1ccccc1)[C@H](OCc1ccccc1)[C@@H](OCc1ccccc1)C1OCCO1. The van der Waals surface area contributed by atoms with Gasteiger partial charge in [0.25, 0.3) is 0 Å². The van der Waals surface area contributed by atoms with Gasteiger partial charge in [0.2, 0.25) is 0 Å². The Balaban J connectivity index is 1.48. The van der Waals surface area contributed by atoms with Crippen molar-refractivity contribution >= 4 is 0 Å². The van der Waals surface area contributed by atoms with Crippen LogP contribution in [0.5, 0.6) is 0 Å². The van der Waals surface area contributed by atoms with Crippen molar-refractivity contribution < 1.29 is 33.6 Å². The summed E-state index contributed by atoms with van der Waals surface area (Å²) in [4.78, 5) is 0. The number of benzene rings is 4. The van der Waals surface area contributed by atoms with Crippen molar-refractivity contribution in [3.05, 3.63) is 144 Å². The number of rotatable bonds is 18. The second-order valence-electron chi connectivity index (χ2n) is 10.6. The van der Waals surface area contributed by atoms with E-state index in [0.29, 0.717) is 39.6 Å². The second kappa shape index (κ2) is 17.8. The van der Waals surface area contributed by atoms with E-state index in [0.717, 1.165) is 22.3 Å². The van der Waals surface area contributed by atoms with Crippen LogP contribution >= 0.6 is 0 Å². The first-order valence-corrected chi connectivity index (χ1v) is 15.0. The molecule has 0 bridgehead atoms. The van der Waals surface area contributed by atoms with Crippen LogP contribution < -0.4 is 5.48 Å². The molecule has 5 rings (SSSR count). The maximum atomic E-state index is 9.95. The highest BCUT2D eigenvalue weighted by Gasteiger charge is 2.44. The van der Waals surface area contributed by atoms with E-state index >= 15 is 0 Å². The van der Waals surface area contributed by atoms with Crippen molar-refractivity contribution in [2.75, 3.05) is 19.8 Å². The van der Waals surface area contributed by atoms with Gasteiger partial charge in [0, 0.05) is 6.54 Å². The molecule has 4 aromatic rings. The number of ether oxygens (including phenoxy) is 6. The predicted molar refractivity (Wildman–Crippen MR) is 166 cm³/mol. The Labute approximate surface area is 259 Å². The molecule has 1 aliphatic heterocycles. The summed E-state index contributed by atoms with van der Waals surface area (Å²) in [6.07, 6.45) is -3.40. The van der Waals surface area contributed by atoms with Crippen LogP contribution in [0.1, 0.15) is 22.3 Å². The molecule has 0 saturated carbocycles. The Morgan fingerprint density at radius 1 is 0.545 bits per heavy atom. The van der Waals surface area contributed by atoms with Crippen LogP contribution in [0.15, 0.2) is 121 Å². The third-order valence-electron chi connectivity index (χ3n) is 7.39. The van der Waals surface area contributed by atoms with Gasteiger partial charge in [0.15, 0.2) is 6.29 Å². The molecule has 44 heavy (non-hydrogen) atoms. The normalized spacial score (nSPS) is 16.4. The number of nitrogens with one attached hydrogen (secondary N) is 1. The van der Waals surface area contributed by atoms with Gasteiger partial charge in [-0.3, -0.25) is 0 Å². The maximum Gasteiger partial charge on any atom is 0.186 e. The topological polar surface area (TPSA) is 87.6 Å². The van der Waals surface area contributed by atoms with E-state index in [1.54, 1.807) is 0 Å². The van der Waals surface area contributed by atoms with Crippen LogP contribution in [-0.2, 0) is 54.8 Å². The van der Waals surface area contributed by atoms with Crippen LogP contribution in [0.25, 0.3) is 0 Å². The molecule has 0 radical (unpaired) electrons. The second-order valence-corrected chi connectivity index (χ2v) is 10.6. The number of hydroxylamine groups is 1. The van der Waals surface area contributed by atoms with Crippen LogP contribution in [-0.4, -0.2) is 55.7 Å². The van der Waals surface area contributed by atoms with Gasteiger partial charge in [-0.05, 0) is 22.3 Å². The summed E-state index contributed by atoms with van der Waals surface area (Å²) >= 11 is 0. The van der Waals surface area contributed by atoms with E-state index in [2.05, 4.69) is 5.48 Å². The minimum absolute atomic E-state index is 0.0925. The molecule has 232 valence electrons. The van der Waals surface area contributed by atoms with E-state index < -0.39 is 30.7 Å². The molecule has 1 aliphatic rings. The molecule has 0 aromatic heterocycles. The van der Waals surface area contributed by atoms with Crippen molar-refractivity contribution in [2.24, 2.45) is 0 Å². The van der Waals surface area contributed by atoms with Crippen LogP contribution in [0.2, 0.25) is 0 Å². The highest BCUT2D eigenvalue weighted by Crippen LogP contribution is 2.27. The summed E-state index contributed by atoms with van der Waals surface area (Å²) in [5.41, 5.74) is 6.31. The Hall–Kier alpha value is -3.44. The largest absolute Gasteiger partial charge is 0.369 e. The Morgan fingerprint density at radius 2 is 0.932 bits per heavy atom. The molecule has 1 saturated heterocycles. The summed E-state index contributed by atoms with van der Waals surface area (Å²) < 4.78 is 38.5. The van der Waals surface area contributed by atoms with Crippen molar-refractivity contribution in [1.29, 1.82) is 0 Å². The van der Waals surface area contributed by atoms with Gasteiger partial charge >= 0.3 is 0 Å². The monoisotopic (exact) mass is 599 g/mol. The predicted octanol–water partition coefficient (Wildman–Crippen LogP) is 5.68. The van der Waals surface area contributed by atoms with E-state index in [1.807, 2.05) is 121 Å². The van der Waals surface area contributed by atoms with Crippen LogP contribution in [0, 0.1) is 0 Å². The minimum Gasteiger partial charge on any atom is -0.369 e. The molecular formula is C36H41NO7. The molecule has 0 spiro atoms. The van der Waals surface area contributed by atoms with Crippen molar-refractivity contribution in [1.82, 2.24) is 5.48 Å². The standard InChI is InChI=1S/C36H41NO7/c38-37-23-32(41-24-28-13-5-1-6-14-28)33(42-25-29-15-7-2-8-16-29)34(43-26-30-17-9-3-10-18-30)35(36-39-21-22-40-36)44-27-31-19-11-4-12-20-31/h1-20,32-38H,21-27H2/t32-,33-,34+,35-/m1/s1. The first kappa shape index (κ1) is 32.0. The summed E-state index contributed by atoms with van der Waals surface area (Å²) in [7, 11) is 0. The first-order chi connectivity index (χ1) is 21.8. The molecule has 8 nitrogen and oxygen atoms in total. The molecule has 2 N–H and O–H groups in total. The minimum atomic E-state index is -0.708. The Morgan fingerprint density at radius 3 is 1.36 bits per heavy atom. The number of hydrogen-bond donors (Lipinski definition) is 2. The third-order valence-corrected chi connectivity index (χ3v) is 7.39. The fraction of sp³-hybridized carbons (Fsp3) is 0.333. The quantitative estimate of drug-likeness (QED) is 0.141. The zero-order valence-corrected chi connectivity index (χ0v) is 24.8. The van der Waals surface area contributed by atoms with Gasteiger partial charge in [-0.15, -0.1) is 0 Å². The van der Waals surface area contributed by atoms with Crippen molar-refractivity contribution in [3.8, 4) is 0 Å². The third kappa shape index (κ3) is 9.79. The lowest BCUT2D eigenvalue weighted by Gasteiger charge is -2.39. The Kier molecular flexibility index (Phi) is 12.9. The first-order valence-electron chi connectivity index (χ1n) is 15.0. The molecule has 0 amide bonds. The van der Waals surface area contributed by atoms with E-state index in [-0.39, 0.29) is 6.54 Å². The highest BCUT2D eigenvalue weighted by atomic mass is 16.7. The molecule has 8 heteroatoms. The summed E-state index contributed by atoms with van der Waals surface area (Å²) in [6.45, 7) is 2.22. The lowest BCUT2D eigenvalue weighted by atomic mass is 10.0. The molecular weight excluding hydrogens is 558 g/mol. The molecule has 0 aliphatic carbocycles. The van der Waals surface area contributed by atoms with Crippen molar-refractivity contribution in [2.45, 2.75) is 57.1 Å². The highest BCUT2D eigenvalue weighted by molar-refractivity contribution is 5.16. The van der Waals surface area contributed by atoms with Gasteiger partial charge in [-0.2, -0.15) is 0 Å². The molecule has 4 atom stereocenters. The maximum absolute atomic E-state index is 9.95. The fourth-order valence-corrected chi connectivity index (χ4v) is 5.12. The molecule has 1 fully saturated rings. The lowest BCUT2D eigenvalue weighted by molar-refractivity contribution is -0.238. The van der Waals surface area contributed by atoms with Crippen LogP contribution in [0.4, 0.5) is 0 Å². The molecule has 4 aromatic carbocycles. The lowest BCUT2D eigenvalue weighted by Crippen LogP contribution is -2.55. The fourth-order valence-electron chi connectivity index (χ4n) is 5.12. The average Bonchev–Trinajstić information content (AvgIpc) is 3.62. The molecule has 1 heterocycles.